The van der Waals surface area contributed by atoms with Crippen LogP contribution in [-0.4, -0.2) is 151 Å². The van der Waals surface area contributed by atoms with E-state index in [0.29, 0.717) is 12.7 Å². The summed E-state index contributed by atoms with van der Waals surface area (Å²) in [6.45, 7) is 13.5. The second-order valence-corrected chi connectivity index (χ2v) is 17.0. The predicted molar refractivity (Wildman–Crippen MR) is 217 cm³/mol. The van der Waals surface area contributed by atoms with Crippen LogP contribution < -0.4 is 0 Å². The van der Waals surface area contributed by atoms with Crippen LogP contribution in [0.2, 0.25) is 0 Å². The summed E-state index contributed by atoms with van der Waals surface area (Å²) in [6, 6.07) is -0.782. The fourth-order valence-corrected chi connectivity index (χ4v) is 8.08. The number of cyclic esters (lactones) is 1. The van der Waals surface area contributed by atoms with Gasteiger partial charge in [0.2, 0.25) is 0 Å². The van der Waals surface area contributed by atoms with Crippen molar-refractivity contribution in [3.63, 3.8) is 0 Å². The van der Waals surface area contributed by atoms with Crippen LogP contribution in [0.25, 0.3) is 0 Å². The highest BCUT2D eigenvalue weighted by molar-refractivity contribution is 5.85. The lowest BCUT2D eigenvalue weighted by Crippen LogP contribution is -2.66. The summed E-state index contributed by atoms with van der Waals surface area (Å²) in [4.78, 5) is 52.3. The van der Waals surface area contributed by atoms with Gasteiger partial charge in [-0.25, -0.2) is 0 Å². The minimum absolute atomic E-state index is 0. The summed E-state index contributed by atoms with van der Waals surface area (Å²) in [5, 5.41) is 34.6. The van der Waals surface area contributed by atoms with Crippen molar-refractivity contribution in [3.05, 3.63) is 24.3 Å². The van der Waals surface area contributed by atoms with Gasteiger partial charge in [0.1, 0.15) is 42.4 Å². The molecule has 0 aliphatic carbocycles. The summed E-state index contributed by atoms with van der Waals surface area (Å²) < 4.78 is 48.6. The molecule has 2 fully saturated rings. The van der Waals surface area contributed by atoms with Crippen LogP contribution >= 0.6 is 12.4 Å². The summed E-state index contributed by atoms with van der Waals surface area (Å²) in [6.07, 6.45) is -4.11. The molecule has 340 valence electrons. The number of rotatable bonds is 12. The van der Waals surface area contributed by atoms with Crippen LogP contribution in [-0.2, 0) is 57.1 Å². The van der Waals surface area contributed by atoms with E-state index in [-0.39, 0.29) is 44.0 Å². The van der Waals surface area contributed by atoms with Crippen molar-refractivity contribution in [3.8, 4) is 0 Å². The number of likely N-dealkylation sites (N-methyl/N-ethyl adjacent to an activating group) is 1. The van der Waals surface area contributed by atoms with E-state index in [1.165, 1.54) is 14.0 Å². The number of halogens is 1. The highest BCUT2D eigenvalue weighted by atomic mass is 35.5. The molecule has 0 aromatic heterocycles. The minimum Gasteiger partial charge on any atom is -0.462 e. The van der Waals surface area contributed by atoms with Crippen molar-refractivity contribution < 1.29 is 72.4 Å². The molecule has 3 heterocycles. The van der Waals surface area contributed by atoms with Crippen molar-refractivity contribution >= 4 is 36.6 Å². The molecule has 0 saturated carbocycles. The SMILES string of the molecule is CO[C@@H]1[C@@H](OC2OC(C)C(OC3CC(C)(O)C(OC(=O)CC(C)C)C(C)O3)C(N(C)C)C2O)[C@@H](CC=O)C[C@@H](C)[C@@H](O)/C=C/C=C/C[C@@H](C)OC(=O)C[C@H]1OC(C)=O.Cl. The zero-order valence-corrected chi connectivity index (χ0v) is 37.3. The molecule has 2 saturated heterocycles. The van der Waals surface area contributed by atoms with E-state index < -0.39 is 121 Å². The van der Waals surface area contributed by atoms with Gasteiger partial charge < -0.3 is 62.9 Å². The first-order chi connectivity index (χ1) is 27.2. The van der Waals surface area contributed by atoms with E-state index in [4.69, 9.17) is 37.9 Å². The molecule has 0 aromatic carbocycles. The average molecular weight is 864 g/mol. The Balaban J connectivity index is 0.0000120. The molecule has 3 rings (SSSR count). The molecule has 0 spiro atoms. The van der Waals surface area contributed by atoms with Gasteiger partial charge >= 0.3 is 17.9 Å². The zero-order chi connectivity index (χ0) is 43.5. The van der Waals surface area contributed by atoms with Crippen LogP contribution in [0.1, 0.15) is 93.9 Å². The molecule has 3 N–H and O–H groups in total. The molecule has 0 amide bonds. The number of hydrogen-bond donors (Lipinski definition) is 3. The lowest BCUT2D eigenvalue weighted by molar-refractivity contribution is -0.344. The summed E-state index contributed by atoms with van der Waals surface area (Å²) >= 11 is 0. The molecular formula is C42H70ClNO15. The third-order valence-electron chi connectivity index (χ3n) is 10.9. The van der Waals surface area contributed by atoms with E-state index in [1.54, 1.807) is 71.0 Å². The Hall–Kier alpha value is -2.51. The number of carbonyl (C=O) groups excluding carboxylic acids is 4. The topological polar surface area (TPSA) is 206 Å². The van der Waals surface area contributed by atoms with Crippen molar-refractivity contribution in [1.29, 1.82) is 0 Å². The van der Waals surface area contributed by atoms with Gasteiger partial charge in [0.25, 0.3) is 0 Å². The first-order valence-corrected chi connectivity index (χ1v) is 20.4. The van der Waals surface area contributed by atoms with Crippen LogP contribution in [0, 0.1) is 17.8 Å². The fraction of sp³-hybridized carbons (Fsp3) is 0.810. The lowest BCUT2D eigenvalue weighted by atomic mass is 9.82. The Kier molecular flexibility index (Phi) is 21.6. The molecular weight excluding hydrogens is 794 g/mol. The summed E-state index contributed by atoms with van der Waals surface area (Å²) in [5.41, 5.74) is -1.50. The molecule has 3 aliphatic rings. The van der Waals surface area contributed by atoms with Crippen molar-refractivity contribution in [2.24, 2.45) is 17.8 Å². The Bertz CT molecular complexity index is 1390. The number of hydrogen-bond acceptors (Lipinski definition) is 16. The largest absolute Gasteiger partial charge is 0.462 e. The number of allylic oxidation sites excluding steroid dienone is 2. The van der Waals surface area contributed by atoms with Crippen molar-refractivity contribution in [1.82, 2.24) is 4.90 Å². The molecule has 0 bridgehead atoms. The van der Waals surface area contributed by atoms with Gasteiger partial charge in [-0.1, -0.05) is 45.1 Å². The number of aliphatic hydroxyl groups excluding tert-OH is 2. The highest BCUT2D eigenvalue weighted by Crippen LogP contribution is 2.38. The first-order valence-electron chi connectivity index (χ1n) is 20.4. The quantitative estimate of drug-likeness (QED) is 0.146. The number of carbonyl (C=O) groups is 4. The van der Waals surface area contributed by atoms with Gasteiger partial charge in [0.05, 0.1) is 36.9 Å². The summed E-state index contributed by atoms with van der Waals surface area (Å²) in [7, 11) is 4.86. The van der Waals surface area contributed by atoms with Gasteiger partial charge in [-0.3, -0.25) is 14.4 Å². The third-order valence-corrected chi connectivity index (χ3v) is 10.9. The molecule has 0 aromatic rings. The maximum absolute atomic E-state index is 13.2. The van der Waals surface area contributed by atoms with E-state index >= 15 is 0 Å². The molecule has 59 heavy (non-hydrogen) atoms. The number of aldehydes is 1. The van der Waals surface area contributed by atoms with E-state index in [1.807, 2.05) is 20.8 Å². The van der Waals surface area contributed by atoms with Crippen LogP contribution in [0.15, 0.2) is 24.3 Å². The van der Waals surface area contributed by atoms with Crippen molar-refractivity contribution in [2.75, 3.05) is 21.2 Å². The molecule has 16 atom stereocenters. The Morgan fingerprint density at radius 1 is 1.02 bits per heavy atom. The van der Waals surface area contributed by atoms with Crippen molar-refractivity contribution in [2.45, 2.75) is 179 Å². The Morgan fingerprint density at radius 3 is 2.27 bits per heavy atom. The van der Waals surface area contributed by atoms with E-state index in [0.717, 1.165) is 0 Å². The number of esters is 3. The standard InChI is InChI=1S/C42H69NO15.ClH/c1-23(2)19-32(47)56-40-27(6)53-34(22-42(40,8)50)57-37-26(5)54-41(36(49)35(37)43(9)10)58-38-29(17-18-44)20-24(3)30(46)16-14-12-13-15-25(4)52-33(48)21-31(39(38)51-11)55-28(7)45;/h12-14,16,18,23-27,29-31,34-41,46,49-50H,15,17,19-22H2,1-11H3;1H/b13-12+,16-14+;/t24-,25-,26?,27?,29+,30+,31-,34?,35?,36?,37?,38+,39+,40?,41?,42?;/m1./s1. The fourth-order valence-electron chi connectivity index (χ4n) is 8.08. The maximum Gasteiger partial charge on any atom is 0.309 e. The molecule has 9 unspecified atom stereocenters. The Labute approximate surface area is 355 Å². The Morgan fingerprint density at radius 2 is 1.69 bits per heavy atom. The minimum atomic E-state index is -1.50. The number of methoxy groups -OCH3 is 1. The first kappa shape index (κ1) is 52.6. The molecule has 16 nitrogen and oxygen atoms in total. The van der Waals surface area contributed by atoms with E-state index in [9.17, 15) is 34.5 Å². The third kappa shape index (κ3) is 15.4. The zero-order valence-electron chi connectivity index (χ0n) is 36.5. The molecule has 3 aliphatic heterocycles. The maximum atomic E-state index is 13.2. The van der Waals surface area contributed by atoms with E-state index in [2.05, 4.69) is 0 Å². The monoisotopic (exact) mass is 863 g/mol. The second-order valence-electron chi connectivity index (χ2n) is 17.0. The van der Waals surface area contributed by atoms with Crippen LogP contribution in [0.5, 0.6) is 0 Å². The summed E-state index contributed by atoms with van der Waals surface area (Å²) in [5.74, 6) is -2.82. The average Bonchev–Trinajstić information content (AvgIpc) is 3.09. The van der Waals surface area contributed by atoms with Gasteiger partial charge in [-0.2, -0.15) is 0 Å². The normalized spacial score (nSPS) is 40.0. The second kappa shape index (κ2) is 24.2. The molecule has 0 radical (unpaired) electrons. The van der Waals surface area contributed by atoms with Crippen LogP contribution in [0.3, 0.4) is 0 Å². The number of ether oxygens (including phenoxy) is 8. The number of aliphatic hydroxyl groups is 3. The van der Waals surface area contributed by atoms with Gasteiger partial charge in [-0.15, -0.1) is 12.4 Å². The molecule has 17 heteroatoms. The lowest BCUT2D eigenvalue weighted by Gasteiger charge is -2.50. The van der Waals surface area contributed by atoms with Crippen LogP contribution in [0.4, 0.5) is 0 Å². The predicted octanol–water partition coefficient (Wildman–Crippen LogP) is 3.44. The van der Waals surface area contributed by atoms with Gasteiger partial charge in [0, 0.05) is 39.7 Å². The smallest absolute Gasteiger partial charge is 0.309 e. The van der Waals surface area contributed by atoms with Gasteiger partial charge in [0.15, 0.2) is 18.7 Å². The highest BCUT2D eigenvalue weighted by Gasteiger charge is 2.53. The number of nitrogens with zero attached hydrogens (tertiary/aromatic N) is 1. The van der Waals surface area contributed by atoms with Gasteiger partial charge in [-0.05, 0) is 66.0 Å².